The number of allylic oxidation sites excluding steroid dienone is 4. The number of hydrogen-bond acceptors (Lipinski definition) is 3. The van der Waals surface area contributed by atoms with E-state index in [1.807, 2.05) is 46.0 Å². The molecule has 0 aliphatic rings. The molecule has 1 heterocycles. The number of nitrogens with one attached hydrogen (secondary N) is 3. The topological polar surface area (TPSA) is 51.7 Å². The second kappa shape index (κ2) is 7.18. The third-order valence-electron chi connectivity index (χ3n) is 3.41. The monoisotopic (exact) mass is 301 g/mol. The summed E-state index contributed by atoms with van der Waals surface area (Å²) in [5.74, 6) is 0. The van der Waals surface area contributed by atoms with Crippen LogP contribution in [0.4, 0.5) is 0 Å². The van der Waals surface area contributed by atoms with Crippen LogP contribution in [0.1, 0.15) is 26.5 Å². The van der Waals surface area contributed by atoms with Crippen LogP contribution in [0.15, 0.2) is 40.5 Å². The zero-order chi connectivity index (χ0) is 16.2. The molecule has 0 saturated carbocycles. The van der Waals surface area contributed by atoms with Crippen LogP contribution in [0.3, 0.4) is 0 Å². The zero-order valence-corrected chi connectivity index (χ0v) is 14.0. The van der Waals surface area contributed by atoms with Gasteiger partial charge in [0, 0.05) is 18.1 Å². The fourth-order valence-electron chi connectivity index (χ4n) is 1.69. The van der Waals surface area contributed by atoms with Crippen molar-refractivity contribution in [3.63, 3.8) is 0 Å². The van der Waals surface area contributed by atoms with E-state index in [-0.39, 0.29) is 0 Å². The average Bonchev–Trinajstić information content (AvgIpc) is 2.83. The van der Waals surface area contributed by atoms with Crippen LogP contribution >= 0.6 is 12.6 Å². The summed E-state index contributed by atoms with van der Waals surface area (Å²) in [7, 11) is 1.84. The number of aromatic nitrogens is 1. The van der Waals surface area contributed by atoms with Gasteiger partial charge >= 0.3 is 0 Å². The highest BCUT2D eigenvalue weighted by atomic mass is 32.1. The highest BCUT2D eigenvalue weighted by Crippen LogP contribution is 2.11. The van der Waals surface area contributed by atoms with E-state index in [9.17, 15) is 0 Å². The summed E-state index contributed by atoms with van der Waals surface area (Å²) in [5.41, 5.74) is 3.96. The van der Waals surface area contributed by atoms with E-state index in [4.69, 9.17) is 5.41 Å². The van der Waals surface area contributed by atoms with Gasteiger partial charge in [0.2, 0.25) is 0 Å². The van der Waals surface area contributed by atoms with Crippen LogP contribution < -0.4 is 15.9 Å². The van der Waals surface area contributed by atoms with Crippen LogP contribution in [-0.2, 0) is 0 Å². The van der Waals surface area contributed by atoms with Crippen LogP contribution in [0, 0.1) is 5.41 Å². The van der Waals surface area contributed by atoms with Crippen molar-refractivity contribution >= 4 is 31.0 Å². The van der Waals surface area contributed by atoms with Gasteiger partial charge in [0.1, 0.15) is 0 Å². The standard InChI is InChI=1S/C17H23N3S/c1-10(12(3)19-6)7-8-15-9-16(20-13(15)4)17(18)11(2)14(5)21/h7-9,18-21H,3-4H2,1-2,5-6H3/b10-7+,14-11-,15-8-,18-17?. The molecule has 0 radical (unpaired) electrons. The highest BCUT2D eigenvalue weighted by molar-refractivity contribution is 7.84. The number of hydrogen-bond donors (Lipinski definition) is 4. The van der Waals surface area contributed by atoms with Gasteiger partial charge in [-0.1, -0.05) is 25.3 Å². The van der Waals surface area contributed by atoms with Crippen LogP contribution in [0.2, 0.25) is 0 Å². The minimum absolute atomic E-state index is 0.437. The molecule has 1 rings (SSSR count). The van der Waals surface area contributed by atoms with E-state index in [0.29, 0.717) is 5.71 Å². The van der Waals surface area contributed by atoms with E-state index >= 15 is 0 Å². The molecular weight excluding hydrogens is 278 g/mol. The van der Waals surface area contributed by atoms with Crippen LogP contribution in [0.5, 0.6) is 0 Å². The number of rotatable bonds is 5. The van der Waals surface area contributed by atoms with Crippen molar-refractivity contribution < 1.29 is 0 Å². The molecule has 0 aromatic carbocycles. The molecule has 3 nitrogen and oxygen atoms in total. The molecular formula is C17H23N3S. The van der Waals surface area contributed by atoms with Gasteiger partial charge < -0.3 is 10.3 Å². The van der Waals surface area contributed by atoms with Gasteiger partial charge in [-0.3, -0.25) is 5.41 Å². The first-order chi connectivity index (χ1) is 9.77. The first-order valence-electron chi connectivity index (χ1n) is 6.67. The van der Waals surface area contributed by atoms with Crippen molar-refractivity contribution in [3.8, 4) is 0 Å². The lowest BCUT2D eigenvalue weighted by Crippen LogP contribution is -2.19. The molecule has 0 aliphatic carbocycles. The quantitative estimate of drug-likeness (QED) is 0.377. The molecule has 0 spiro atoms. The van der Waals surface area contributed by atoms with Crippen molar-refractivity contribution in [1.82, 2.24) is 10.3 Å². The highest BCUT2D eigenvalue weighted by Gasteiger charge is 2.07. The Morgan fingerprint density at radius 3 is 2.52 bits per heavy atom. The predicted molar refractivity (Wildman–Crippen MR) is 96.2 cm³/mol. The lowest BCUT2D eigenvalue weighted by atomic mass is 10.1. The summed E-state index contributed by atoms with van der Waals surface area (Å²) < 4.78 is 0. The van der Waals surface area contributed by atoms with Crippen molar-refractivity contribution in [2.45, 2.75) is 20.8 Å². The van der Waals surface area contributed by atoms with E-state index in [1.165, 1.54) is 0 Å². The molecule has 0 aliphatic heterocycles. The van der Waals surface area contributed by atoms with Gasteiger partial charge in [-0.25, -0.2) is 0 Å². The van der Waals surface area contributed by atoms with Crippen molar-refractivity contribution in [1.29, 1.82) is 5.41 Å². The minimum atomic E-state index is 0.437. The Morgan fingerprint density at radius 2 is 2.00 bits per heavy atom. The molecule has 0 amide bonds. The maximum absolute atomic E-state index is 8.17. The molecule has 1 aromatic rings. The number of thiol groups is 1. The normalized spacial score (nSPS) is 14.0. The molecule has 1 aromatic heterocycles. The van der Waals surface area contributed by atoms with Crippen LogP contribution in [-0.4, -0.2) is 17.7 Å². The van der Waals surface area contributed by atoms with Crippen molar-refractivity contribution in [2.24, 2.45) is 0 Å². The third kappa shape index (κ3) is 4.26. The van der Waals surface area contributed by atoms with E-state index in [0.717, 1.165) is 38.0 Å². The average molecular weight is 301 g/mol. The zero-order valence-electron chi connectivity index (χ0n) is 13.1. The van der Waals surface area contributed by atoms with E-state index in [1.54, 1.807) is 0 Å². The molecule has 4 heteroatoms. The number of likely N-dealkylation sites (N-methyl/N-ethyl adjacent to an activating group) is 1. The second-order valence-corrected chi connectivity index (χ2v) is 5.62. The second-order valence-electron chi connectivity index (χ2n) is 4.95. The summed E-state index contributed by atoms with van der Waals surface area (Å²) in [5, 5.41) is 12.9. The summed E-state index contributed by atoms with van der Waals surface area (Å²) in [6.07, 6.45) is 3.96. The van der Waals surface area contributed by atoms with Crippen LogP contribution in [0.25, 0.3) is 12.7 Å². The Labute approximate surface area is 131 Å². The van der Waals surface area contributed by atoms with Gasteiger partial charge in [-0.05, 0) is 48.1 Å². The Bertz CT molecular complexity index is 729. The van der Waals surface area contributed by atoms with Gasteiger partial charge in [0.15, 0.2) is 0 Å². The Hall–Kier alpha value is -1.94. The van der Waals surface area contributed by atoms with E-state index in [2.05, 4.69) is 36.1 Å². The molecule has 0 atom stereocenters. The van der Waals surface area contributed by atoms with Gasteiger partial charge in [0.25, 0.3) is 0 Å². The molecule has 0 fully saturated rings. The molecule has 0 saturated heterocycles. The van der Waals surface area contributed by atoms with Crippen molar-refractivity contribution in [2.75, 3.05) is 7.05 Å². The summed E-state index contributed by atoms with van der Waals surface area (Å²) in [6, 6.07) is 1.93. The Balaban J connectivity index is 3.21. The first-order valence-corrected chi connectivity index (χ1v) is 7.12. The van der Waals surface area contributed by atoms with Gasteiger partial charge in [0.05, 0.1) is 11.4 Å². The maximum atomic E-state index is 8.17. The summed E-state index contributed by atoms with van der Waals surface area (Å²) >= 11 is 4.29. The summed E-state index contributed by atoms with van der Waals surface area (Å²) in [6.45, 7) is 13.7. The van der Waals surface area contributed by atoms with E-state index < -0.39 is 0 Å². The third-order valence-corrected chi connectivity index (χ3v) is 3.75. The molecule has 112 valence electrons. The van der Waals surface area contributed by atoms with Gasteiger partial charge in [-0.2, -0.15) is 0 Å². The molecule has 0 unspecified atom stereocenters. The van der Waals surface area contributed by atoms with Crippen molar-refractivity contribution in [3.05, 3.63) is 56.7 Å². The Morgan fingerprint density at radius 1 is 1.38 bits per heavy atom. The lowest BCUT2D eigenvalue weighted by Gasteiger charge is -2.03. The van der Waals surface area contributed by atoms with Gasteiger partial charge in [-0.15, -0.1) is 12.6 Å². The minimum Gasteiger partial charge on any atom is -0.388 e. The lowest BCUT2D eigenvalue weighted by molar-refractivity contribution is 1.01. The molecule has 3 N–H and O–H groups in total. The fraction of sp³-hybridized carbons (Fsp3) is 0.235. The number of H-pyrrole nitrogens is 1. The predicted octanol–water partition coefficient (Wildman–Crippen LogP) is 2.48. The fourth-order valence-corrected chi connectivity index (χ4v) is 1.80. The largest absolute Gasteiger partial charge is 0.388 e. The maximum Gasteiger partial charge on any atom is 0.0811 e. The number of aromatic amines is 1. The summed E-state index contributed by atoms with van der Waals surface area (Å²) in [4.78, 5) is 3.98. The SMILES string of the molecule is C=C(NC)/C(C)=C/C=c1/cc(C(=N)/C(C)=C(/C)S)[nH]c1=C. The smallest absolute Gasteiger partial charge is 0.0811 e. The first kappa shape index (κ1) is 17.1. The molecule has 0 bridgehead atoms. The Kier molecular flexibility index (Phi) is 5.85. The molecule has 21 heavy (non-hydrogen) atoms.